The summed E-state index contributed by atoms with van der Waals surface area (Å²) < 4.78 is 1.66. The van der Waals surface area contributed by atoms with E-state index in [2.05, 4.69) is 10.4 Å². The zero-order valence-electron chi connectivity index (χ0n) is 12.2. The molecule has 1 saturated heterocycles. The summed E-state index contributed by atoms with van der Waals surface area (Å²) in [5.41, 5.74) is 0.611. The maximum absolute atomic E-state index is 12.2. The molecule has 2 heterocycles. The van der Waals surface area contributed by atoms with Crippen molar-refractivity contribution in [3.05, 3.63) is 16.4 Å². The summed E-state index contributed by atoms with van der Waals surface area (Å²) >= 11 is 6.23. The first-order chi connectivity index (χ1) is 9.31. The van der Waals surface area contributed by atoms with E-state index in [1.807, 2.05) is 13.8 Å². The number of nitrogens with one attached hydrogen (secondary N) is 1. The first-order valence-corrected chi connectivity index (χ1v) is 6.95. The van der Waals surface area contributed by atoms with E-state index in [1.165, 1.54) is 0 Å². The van der Waals surface area contributed by atoms with Crippen LogP contribution >= 0.6 is 11.6 Å². The molecule has 110 valence electrons. The van der Waals surface area contributed by atoms with Gasteiger partial charge in [0.25, 0.3) is 0 Å². The largest absolute Gasteiger partial charge is 0.345 e. The quantitative estimate of drug-likeness (QED) is 0.905. The van der Waals surface area contributed by atoms with Gasteiger partial charge < -0.3 is 10.2 Å². The van der Waals surface area contributed by atoms with Crippen LogP contribution < -0.4 is 5.32 Å². The smallest absolute Gasteiger partial charge is 0.246 e. The molecular formula is C13H19ClN4O2. The van der Waals surface area contributed by atoms with E-state index in [0.29, 0.717) is 11.4 Å². The molecule has 1 atom stereocenters. The molecule has 7 heteroatoms. The number of amides is 2. The molecule has 0 aliphatic carbocycles. The second kappa shape index (κ2) is 5.09. The van der Waals surface area contributed by atoms with Crippen LogP contribution in [0.3, 0.4) is 0 Å². The molecule has 0 radical (unpaired) electrons. The Morgan fingerprint density at radius 1 is 1.45 bits per heavy atom. The van der Waals surface area contributed by atoms with E-state index in [9.17, 15) is 9.59 Å². The minimum atomic E-state index is -0.850. The van der Waals surface area contributed by atoms with E-state index < -0.39 is 5.54 Å². The number of hydrogen-bond donors (Lipinski definition) is 1. The molecule has 2 amide bonds. The Kier molecular flexibility index (Phi) is 3.77. The van der Waals surface area contributed by atoms with Crippen molar-refractivity contribution >= 4 is 23.4 Å². The molecule has 1 aliphatic heterocycles. The molecule has 1 aromatic heterocycles. The zero-order valence-corrected chi connectivity index (χ0v) is 12.9. The highest BCUT2D eigenvalue weighted by atomic mass is 35.5. The monoisotopic (exact) mass is 298 g/mol. The fraction of sp³-hybridized carbons (Fsp3) is 0.615. The summed E-state index contributed by atoms with van der Waals surface area (Å²) in [4.78, 5) is 25.9. The summed E-state index contributed by atoms with van der Waals surface area (Å²) in [6.45, 7) is 5.79. The number of piperazine rings is 1. The van der Waals surface area contributed by atoms with E-state index in [-0.39, 0.29) is 24.9 Å². The Morgan fingerprint density at radius 3 is 2.60 bits per heavy atom. The van der Waals surface area contributed by atoms with Gasteiger partial charge in [-0.05, 0) is 20.3 Å². The van der Waals surface area contributed by atoms with Gasteiger partial charge in [-0.25, -0.2) is 0 Å². The Balaban J connectivity index is 2.38. The van der Waals surface area contributed by atoms with Gasteiger partial charge in [-0.15, -0.1) is 0 Å². The molecular weight excluding hydrogens is 280 g/mol. The number of aryl methyl sites for hydroxylation is 2. The molecule has 0 aromatic carbocycles. The van der Waals surface area contributed by atoms with Crippen molar-refractivity contribution in [2.75, 3.05) is 6.54 Å². The van der Waals surface area contributed by atoms with Crippen molar-refractivity contribution in [3.8, 4) is 0 Å². The van der Waals surface area contributed by atoms with Crippen LogP contribution in [0.4, 0.5) is 0 Å². The van der Waals surface area contributed by atoms with Gasteiger partial charge in [0.2, 0.25) is 11.8 Å². The second-order valence-corrected chi connectivity index (χ2v) is 5.64. The van der Waals surface area contributed by atoms with Crippen molar-refractivity contribution in [2.24, 2.45) is 7.05 Å². The lowest BCUT2D eigenvalue weighted by Gasteiger charge is -2.43. The number of rotatable bonds is 3. The van der Waals surface area contributed by atoms with Crippen LogP contribution in [-0.2, 0) is 23.2 Å². The first kappa shape index (κ1) is 14.8. The SMILES string of the molecule is CCC1(C)C(=O)NCC(=O)N1Cc1c(Cl)c(C)nn1C. The van der Waals surface area contributed by atoms with Crippen LogP contribution in [-0.4, -0.2) is 38.6 Å². The molecule has 6 nitrogen and oxygen atoms in total. The fourth-order valence-electron chi connectivity index (χ4n) is 2.46. The van der Waals surface area contributed by atoms with Gasteiger partial charge in [0, 0.05) is 7.05 Å². The Labute approximate surface area is 123 Å². The van der Waals surface area contributed by atoms with Crippen LogP contribution in [0.5, 0.6) is 0 Å². The summed E-state index contributed by atoms with van der Waals surface area (Å²) in [5.74, 6) is -0.238. The molecule has 0 bridgehead atoms. The van der Waals surface area contributed by atoms with Crippen LogP contribution in [0.2, 0.25) is 5.02 Å². The highest BCUT2D eigenvalue weighted by Gasteiger charge is 2.44. The minimum Gasteiger partial charge on any atom is -0.345 e. The van der Waals surface area contributed by atoms with Crippen molar-refractivity contribution in [1.29, 1.82) is 0 Å². The number of carbonyl (C=O) groups excluding carboxylic acids is 2. The normalized spacial score (nSPS) is 23.1. The third-order valence-electron chi connectivity index (χ3n) is 4.04. The Morgan fingerprint density at radius 2 is 2.10 bits per heavy atom. The lowest BCUT2D eigenvalue weighted by molar-refractivity contribution is -0.153. The summed E-state index contributed by atoms with van der Waals surface area (Å²) in [7, 11) is 1.78. The molecule has 1 aliphatic rings. The highest BCUT2D eigenvalue weighted by Crippen LogP contribution is 2.28. The topological polar surface area (TPSA) is 67.2 Å². The number of aromatic nitrogens is 2. The Hall–Kier alpha value is -1.56. The lowest BCUT2D eigenvalue weighted by Crippen LogP contribution is -2.65. The molecule has 1 fully saturated rings. The van der Waals surface area contributed by atoms with Gasteiger partial charge in [0.1, 0.15) is 5.54 Å². The molecule has 0 saturated carbocycles. The fourth-order valence-corrected chi connectivity index (χ4v) is 2.68. The number of carbonyl (C=O) groups is 2. The maximum atomic E-state index is 12.2. The van der Waals surface area contributed by atoms with Gasteiger partial charge in [-0.1, -0.05) is 18.5 Å². The summed E-state index contributed by atoms with van der Waals surface area (Å²) in [5, 5.41) is 7.42. The zero-order chi connectivity index (χ0) is 15.1. The van der Waals surface area contributed by atoms with Gasteiger partial charge in [-0.2, -0.15) is 5.10 Å². The standard InChI is InChI=1S/C13H19ClN4O2/c1-5-13(3)12(20)15-6-10(19)18(13)7-9-11(14)8(2)16-17(9)4/h5-7H2,1-4H3,(H,15,20). The average Bonchev–Trinajstić information content (AvgIpc) is 2.65. The lowest BCUT2D eigenvalue weighted by atomic mass is 9.92. The second-order valence-electron chi connectivity index (χ2n) is 5.26. The third-order valence-corrected chi connectivity index (χ3v) is 4.54. The van der Waals surface area contributed by atoms with Gasteiger partial charge in [0.15, 0.2) is 0 Å². The molecule has 1 N–H and O–H groups in total. The number of hydrogen-bond acceptors (Lipinski definition) is 3. The molecule has 1 aromatic rings. The first-order valence-electron chi connectivity index (χ1n) is 6.58. The van der Waals surface area contributed by atoms with E-state index in [0.717, 1.165) is 11.4 Å². The van der Waals surface area contributed by atoms with Gasteiger partial charge in [0.05, 0.1) is 29.5 Å². The molecule has 2 rings (SSSR count). The van der Waals surface area contributed by atoms with E-state index >= 15 is 0 Å². The van der Waals surface area contributed by atoms with E-state index in [4.69, 9.17) is 11.6 Å². The van der Waals surface area contributed by atoms with Crippen molar-refractivity contribution in [1.82, 2.24) is 20.0 Å². The van der Waals surface area contributed by atoms with Crippen molar-refractivity contribution < 1.29 is 9.59 Å². The van der Waals surface area contributed by atoms with Crippen LogP contribution in [0.15, 0.2) is 0 Å². The Bertz CT molecular complexity index is 569. The third kappa shape index (κ3) is 2.18. The highest BCUT2D eigenvalue weighted by molar-refractivity contribution is 6.31. The van der Waals surface area contributed by atoms with Crippen LogP contribution in [0.1, 0.15) is 31.7 Å². The predicted molar refractivity (Wildman–Crippen MR) is 75.2 cm³/mol. The summed E-state index contributed by atoms with van der Waals surface area (Å²) in [6, 6.07) is 0. The van der Waals surface area contributed by atoms with E-state index in [1.54, 1.807) is 23.6 Å². The number of halogens is 1. The summed E-state index contributed by atoms with van der Waals surface area (Å²) in [6.07, 6.45) is 0.541. The van der Waals surface area contributed by atoms with Gasteiger partial charge >= 0.3 is 0 Å². The molecule has 20 heavy (non-hydrogen) atoms. The molecule has 0 spiro atoms. The predicted octanol–water partition coefficient (Wildman–Crippen LogP) is 1.01. The van der Waals surface area contributed by atoms with Crippen molar-refractivity contribution in [2.45, 2.75) is 39.3 Å². The number of nitrogens with zero attached hydrogens (tertiary/aromatic N) is 3. The van der Waals surface area contributed by atoms with Crippen molar-refractivity contribution in [3.63, 3.8) is 0 Å². The minimum absolute atomic E-state index is 0.0306. The maximum Gasteiger partial charge on any atom is 0.246 e. The average molecular weight is 299 g/mol. The molecule has 1 unspecified atom stereocenters. The van der Waals surface area contributed by atoms with Crippen LogP contribution in [0, 0.1) is 6.92 Å². The van der Waals surface area contributed by atoms with Crippen LogP contribution in [0.25, 0.3) is 0 Å². The van der Waals surface area contributed by atoms with Gasteiger partial charge in [-0.3, -0.25) is 14.3 Å².